The highest BCUT2D eigenvalue weighted by atomic mass is 14.9. The molecule has 0 atom stereocenters. The summed E-state index contributed by atoms with van der Waals surface area (Å²) < 4.78 is 0. The Hall–Kier alpha value is -1.76. The van der Waals surface area contributed by atoms with Gasteiger partial charge in [0.2, 0.25) is 0 Å². The van der Waals surface area contributed by atoms with E-state index in [1.54, 1.807) is 0 Å². The Morgan fingerprint density at radius 2 is 1.56 bits per heavy atom. The van der Waals surface area contributed by atoms with Gasteiger partial charge in [-0.15, -0.1) is 0 Å². The number of nitrogens with one attached hydrogen (secondary N) is 1. The molecule has 0 spiro atoms. The summed E-state index contributed by atoms with van der Waals surface area (Å²) in [5, 5.41) is 3.68. The molecule has 3 rings (SSSR count). The van der Waals surface area contributed by atoms with Crippen LogP contribution in [0.15, 0.2) is 54.6 Å². The Morgan fingerprint density at radius 3 is 2.28 bits per heavy atom. The maximum Gasteiger partial charge on any atom is 0.0422 e. The van der Waals surface area contributed by atoms with E-state index in [-0.39, 0.29) is 0 Å². The molecule has 2 aromatic carbocycles. The molecule has 0 aliphatic heterocycles. The van der Waals surface area contributed by atoms with Crippen LogP contribution in [-0.4, -0.2) is 6.04 Å². The lowest BCUT2D eigenvalue weighted by atomic mass is 9.81. The Bertz CT molecular complexity index is 512. The molecular formula is C17H19N. The highest BCUT2D eigenvalue weighted by molar-refractivity contribution is 5.77. The molecule has 0 saturated heterocycles. The molecule has 1 heteroatoms. The standard InChI is InChI=1S/C17H19N/c1-13-11-15(12-13)18-17-10-6-5-9-16(17)14-7-3-2-4-8-14/h2-10,13,15,18H,11-12H2,1H3. The van der Waals surface area contributed by atoms with Crippen molar-refractivity contribution in [2.75, 3.05) is 5.32 Å². The summed E-state index contributed by atoms with van der Waals surface area (Å²) in [6, 6.07) is 19.8. The summed E-state index contributed by atoms with van der Waals surface area (Å²) in [5.41, 5.74) is 3.85. The van der Waals surface area contributed by atoms with Crippen molar-refractivity contribution in [1.82, 2.24) is 0 Å². The number of hydrogen-bond acceptors (Lipinski definition) is 1. The van der Waals surface area contributed by atoms with Crippen LogP contribution in [0.3, 0.4) is 0 Å². The maximum atomic E-state index is 3.68. The Labute approximate surface area is 109 Å². The smallest absolute Gasteiger partial charge is 0.0422 e. The first kappa shape index (κ1) is 11.3. The molecule has 92 valence electrons. The van der Waals surface area contributed by atoms with Crippen molar-refractivity contribution >= 4 is 5.69 Å². The first-order valence-corrected chi connectivity index (χ1v) is 6.74. The van der Waals surface area contributed by atoms with Crippen LogP contribution in [0.1, 0.15) is 19.8 Å². The van der Waals surface area contributed by atoms with E-state index in [2.05, 4.69) is 66.8 Å². The molecule has 1 aliphatic rings. The number of hydrogen-bond donors (Lipinski definition) is 1. The largest absolute Gasteiger partial charge is 0.382 e. The molecule has 0 aromatic heterocycles. The number of rotatable bonds is 3. The van der Waals surface area contributed by atoms with E-state index in [0.717, 1.165) is 5.92 Å². The van der Waals surface area contributed by atoms with E-state index in [1.165, 1.54) is 29.7 Å². The van der Waals surface area contributed by atoms with Crippen LogP contribution in [0, 0.1) is 5.92 Å². The maximum absolute atomic E-state index is 3.68. The SMILES string of the molecule is CC1CC(Nc2ccccc2-c2ccccc2)C1. The van der Waals surface area contributed by atoms with Gasteiger partial charge >= 0.3 is 0 Å². The van der Waals surface area contributed by atoms with Crippen molar-refractivity contribution in [3.63, 3.8) is 0 Å². The predicted molar refractivity (Wildman–Crippen MR) is 77.7 cm³/mol. The second kappa shape index (κ2) is 4.85. The molecule has 1 aliphatic carbocycles. The van der Waals surface area contributed by atoms with E-state index < -0.39 is 0 Å². The fourth-order valence-electron chi connectivity index (χ4n) is 2.72. The van der Waals surface area contributed by atoms with Gasteiger partial charge in [-0.25, -0.2) is 0 Å². The zero-order valence-electron chi connectivity index (χ0n) is 10.8. The Balaban J connectivity index is 1.86. The fourth-order valence-corrected chi connectivity index (χ4v) is 2.72. The molecule has 1 saturated carbocycles. The molecule has 0 bridgehead atoms. The summed E-state index contributed by atoms with van der Waals surface area (Å²) in [7, 11) is 0. The normalized spacial score (nSPS) is 22.3. The van der Waals surface area contributed by atoms with Gasteiger partial charge in [0.15, 0.2) is 0 Å². The average molecular weight is 237 g/mol. The van der Waals surface area contributed by atoms with Crippen LogP contribution in [-0.2, 0) is 0 Å². The molecule has 0 amide bonds. The van der Waals surface area contributed by atoms with Crippen LogP contribution >= 0.6 is 0 Å². The Morgan fingerprint density at radius 1 is 0.889 bits per heavy atom. The van der Waals surface area contributed by atoms with E-state index in [1.807, 2.05) is 0 Å². The lowest BCUT2D eigenvalue weighted by molar-refractivity contribution is 0.309. The molecular weight excluding hydrogens is 218 g/mol. The molecule has 2 aromatic rings. The highest BCUT2D eigenvalue weighted by Gasteiger charge is 2.25. The van der Waals surface area contributed by atoms with E-state index in [9.17, 15) is 0 Å². The van der Waals surface area contributed by atoms with E-state index in [4.69, 9.17) is 0 Å². The zero-order valence-corrected chi connectivity index (χ0v) is 10.8. The minimum absolute atomic E-state index is 0.657. The number of anilines is 1. The van der Waals surface area contributed by atoms with Crippen LogP contribution in [0.2, 0.25) is 0 Å². The zero-order chi connectivity index (χ0) is 12.4. The fraction of sp³-hybridized carbons (Fsp3) is 0.294. The molecule has 18 heavy (non-hydrogen) atoms. The number of para-hydroxylation sites is 1. The summed E-state index contributed by atoms with van der Waals surface area (Å²) in [6.45, 7) is 2.32. The second-order valence-electron chi connectivity index (χ2n) is 5.33. The van der Waals surface area contributed by atoms with Gasteiger partial charge in [-0.1, -0.05) is 55.5 Å². The van der Waals surface area contributed by atoms with Crippen molar-refractivity contribution in [2.45, 2.75) is 25.8 Å². The molecule has 1 fully saturated rings. The highest BCUT2D eigenvalue weighted by Crippen LogP contribution is 2.33. The molecule has 0 unspecified atom stereocenters. The predicted octanol–water partition coefficient (Wildman–Crippen LogP) is 4.56. The van der Waals surface area contributed by atoms with Gasteiger partial charge in [-0.3, -0.25) is 0 Å². The van der Waals surface area contributed by atoms with E-state index >= 15 is 0 Å². The first-order chi connectivity index (χ1) is 8.83. The van der Waals surface area contributed by atoms with Gasteiger partial charge in [0, 0.05) is 17.3 Å². The van der Waals surface area contributed by atoms with Gasteiger partial charge in [0.25, 0.3) is 0 Å². The van der Waals surface area contributed by atoms with E-state index in [0.29, 0.717) is 6.04 Å². The van der Waals surface area contributed by atoms with Gasteiger partial charge < -0.3 is 5.32 Å². The van der Waals surface area contributed by atoms with Crippen LogP contribution in [0.5, 0.6) is 0 Å². The third-order valence-electron chi connectivity index (χ3n) is 3.75. The van der Waals surface area contributed by atoms with Crippen LogP contribution < -0.4 is 5.32 Å². The minimum atomic E-state index is 0.657. The molecule has 1 N–H and O–H groups in total. The molecule has 0 heterocycles. The third-order valence-corrected chi connectivity index (χ3v) is 3.75. The first-order valence-electron chi connectivity index (χ1n) is 6.74. The van der Waals surface area contributed by atoms with Crippen LogP contribution in [0.25, 0.3) is 11.1 Å². The summed E-state index contributed by atoms with van der Waals surface area (Å²) in [5.74, 6) is 0.881. The summed E-state index contributed by atoms with van der Waals surface area (Å²) in [4.78, 5) is 0. The quantitative estimate of drug-likeness (QED) is 0.825. The average Bonchev–Trinajstić information content (AvgIpc) is 2.39. The van der Waals surface area contributed by atoms with Gasteiger partial charge in [0.05, 0.1) is 0 Å². The summed E-state index contributed by atoms with van der Waals surface area (Å²) in [6.07, 6.45) is 2.59. The monoisotopic (exact) mass is 237 g/mol. The Kier molecular flexibility index (Phi) is 3.06. The number of benzene rings is 2. The summed E-state index contributed by atoms with van der Waals surface area (Å²) >= 11 is 0. The van der Waals surface area contributed by atoms with Gasteiger partial charge in [0.1, 0.15) is 0 Å². The van der Waals surface area contributed by atoms with Crippen molar-refractivity contribution in [1.29, 1.82) is 0 Å². The van der Waals surface area contributed by atoms with Crippen LogP contribution in [0.4, 0.5) is 5.69 Å². The molecule has 1 nitrogen and oxygen atoms in total. The van der Waals surface area contributed by atoms with Crippen molar-refractivity contribution in [2.24, 2.45) is 5.92 Å². The van der Waals surface area contributed by atoms with Gasteiger partial charge in [-0.2, -0.15) is 0 Å². The second-order valence-corrected chi connectivity index (χ2v) is 5.33. The molecule has 0 radical (unpaired) electrons. The van der Waals surface area contributed by atoms with Crippen molar-refractivity contribution in [3.05, 3.63) is 54.6 Å². The van der Waals surface area contributed by atoms with Crippen molar-refractivity contribution < 1.29 is 0 Å². The topological polar surface area (TPSA) is 12.0 Å². The minimum Gasteiger partial charge on any atom is -0.382 e. The lowest BCUT2D eigenvalue weighted by Gasteiger charge is -2.34. The van der Waals surface area contributed by atoms with Crippen molar-refractivity contribution in [3.8, 4) is 11.1 Å². The third kappa shape index (κ3) is 2.26. The lowest BCUT2D eigenvalue weighted by Crippen LogP contribution is -2.33. The van der Waals surface area contributed by atoms with Gasteiger partial charge in [-0.05, 0) is 30.4 Å².